The smallest absolute Gasteiger partial charge is 0.281 e. The Hall–Kier alpha value is -4.84. The number of ether oxygens (including phenoxy) is 2. The van der Waals surface area contributed by atoms with Gasteiger partial charge in [-0.25, -0.2) is 9.82 Å². The third-order valence-electron chi connectivity index (χ3n) is 5.01. The Morgan fingerprint density at radius 2 is 1.92 bits per heavy atom. The molecule has 0 saturated carbocycles. The Labute approximate surface area is 213 Å². The number of fused-ring (bicyclic) bond motifs is 1. The zero-order valence-electron chi connectivity index (χ0n) is 19.3. The van der Waals surface area contributed by atoms with E-state index in [2.05, 4.69) is 15.8 Å². The molecule has 0 atom stereocenters. The highest BCUT2D eigenvalue weighted by molar-refractivity contribution is 7.20. The first kappa shape index (κ1) is 25.3. The van der Waals surface area contributed by atoms with Gasteiger partial charge in [-0.15, -0.1) is 11.3 Å². The van der Waals surface area contributed by atoms with E-state index < -0.39 is 22.6 Å². The topological polar surface area (TPSA) is 132 Å². The number of carbonyl (C=O) groups is 2. The number of methoxy groups -OCH3 is 1. The molecule has 0 radical (unpaired) electrons. The molecule has 0 bridgehead atoms. The molecule has 2 N–H and O–H groups in total. The minimum absolute atomic E-state index is 0.0628. The van der Waals surface area contributed by atoms with Gasteiger partial charge >= 0.3 is 0 Å². The summed E-state index contributed by atoms with van der Waals surface area (Å²) >= 11 is 1.18. The van der Waals surface area contributed by atoms with Gasteiger partial charge in [0.15, 0.2) is 18.1 Å². The molecule has 0 saturated heterocycles. The van der Waals surface area contributed by atoms with Crippen LogP contribution in [0, 0.1) is 15.9 Å². The highest BCUT2D eigenvalue weighted by atomic mass is 32.1. The summed E-state index contributed by atoms with van der Waals surface area (Å²) in [5.41, 5.74) is 3.19. The average molecular weight is 523 g/mol. The quantitative estimate of drug-likeness (QED) is 0.185. The van der Waals surface area contributed by atoms with Crippen LogP contribution in [0.25, 0.3) is 10.1 Å². The van der Waals surface area contributed by atoms with Crippen LogP contribution in [0.1, 0.15) is 15.2 Å². The molecule has 0 fully saturated rings. The Bertz CT molecular complexity index is 1500. The van der Waals surface area contributed by atoms with Crippen LogP contribution in [0.5, 0.6) is 11.5 Å². The molecule has 10 nitrogen and oxygen atoms in total. The molecule has 0 aliphatic carbocycles. The van der Waals surface area contributed by atoms with Crippen LogP contribution in [-0.2, 0) is 4.79 Å². The molecule has 4 aromatic rings. The Kier molecular flexibility index (Phi) is 7.69. The summed E-state index contributed by atoms with van der Waals surface area (Å²) < 4.78 is 24.7. The van der Waals surface area contributed by atoms with Crippen molar-refractivity contribution < 1.29 is 28.4 Å². The molecule has 4 rings (SSSR count). The van der Waals surface area contributed by atoms with E-state index in [0.29, 0.717) is 27.3 Å². The van der Waals surface area contributed by atoms with Crippen LogP contribution in [0.15, 0.2) is 71.8 Å². The second-order valence-electron chi connectivity index (χ2n) is 7.51. The second kappa shape index (κ2) is 11.3. The maximum atomic E-state index is 13.0. The van der Waals surface area contributed by atoms with Gasteiger partial charge in [-0.3, -0.25) is 19.7 Å². The Balaban J connectivity index is 1.43. The van der Waals surface area contributed by atoms with E-state index in [-0.39, 0.29) is 18.0 Å². The number of anilines is 1. The number of rotatable bonds is 9. The van der Waals surface area contributed by atoms with E-state index in [9.17, 15) is 24.1 Å². The van der Waals surface area contributed by atoms with Crippen molar-refractivity contribution >= 4 is 50.8 Å². The molecule has 1 heterocycles. The normalized spacial score (nSPS) is 10.9. The number of benzene rings is 3. The monoisotopic (exact) mass is 522 g/mol. The number of non-ortho nitro benzene ring substituents is 1. The number of halogens is 1. The molecule has 0 aliphatic heterocycles. The highest BCUT2D eigenvalue weighted by Crippen LogP contribution is 2.31. The van der Waals surface area contributed by atoms with Crippen molar-refractivity contribution in [3.63, 3.8) is 0 Å². The molecule has 0 aliphatic rings. The van der Waals surface area contributed by atoms with E-state index in [1.165, 1.54) is 61.1 Å². The number of hydrazone groups is 1. The van der Waals surface area contributed by atoms with Crippen molar-refractivity contribution in [2.24, 2.45) is 5.10 Å². The first-order valence-corrected chi connectivity index (χ1v) is 11.5. The third kappa shape index (κ3) is 6.24. The lowest BCUT2D eigenvalue weighted by molar-refractivity contribution is -0.384. The Morgan fingerprint density at radius 3 is 2.65 bits per heavy atom. The minimum Gasteiger partial charge on any atom is -0.493 e. The fraction of sp³-hybridized carbons (Fsp3) is 0.0800. The molecule has 12 heteroatoms. The summed E-state index contributed by atoms with van der Waals surface area (Å²) in [6.45, 7) is -0.362. The number of hydrogen-bond acceptors (Lipinski definition) is 8. The second-order valence-corrected chi connectivity index (χ2v) is 8.60. The van der Waals surface area contributed by atoms with Gasteiger partial charge in [0.2, 0.25) is 0 Å². The predicted molar refractivity (Wildman–Crippen MR) is 137 cm³/mol. The number of nitro groups is 1. The van der Waals surface area contributed by atoms with Gasteiger partial charge in [-0.2, -0.15) is 5.10 Å². The number of nitrogens with zero attached hydrogens (tertiary/aromatic N) is 2. The lowest BCUT2D eigenvalue weighted by atomic mass is 10.2. The average Bonchev–Trinajstić information content (AvgIpc) is 3.32. The number of amides is 2. The van der Waals surface area contributed by atoms with E-state index in [4.69, 9.17) is 9.47 Å². The van der Waals surface area contributed by atoms with E-state index in [1.807, 2.05) is 0 Å². The van der Waals surface area contributed by atoms with Gasteiger partial charge < -0.3 is 14.8 Å². The number of para-hydroxylation sites is 1. The van der Waals surface area contributed by atoms with Crippen molar-refractivity contribution in [2.75, 3.05) is 19.0 Å². The molecule has 3 aromatic carbocycles. The number of hydrogen-bond donors (Lipinski definition) is 2. The molecular formula is C25H19FN4O6S. The first-order chi connectivity index (χ1) is 17.8. The first-order valence-electron chi connectivity index (χ1n) is 10.7. The van der Waals surface area contributed by atoms with Crippen LogP contribution < -0.4 is 20.2 Å². The van der Waals surface area contributed by atoms with Crippen molar-refractivity contribution in [1.29, 1.82) is 0 Å². The SMILES string of the molecule is COc1cccc(/C=N\NC(=O)c2cc3cc([N+](=O)[O-])ccc3s2)c1OCC(=O)Nc1ccc(F)cc1. The minimum atomic E-state index is -0.499. The van der Waals surface area contributed by atoms with Gasteiger partial charge in [0.05, 0.1) is 23.1 Å². The van der Waals surface area contributed by atoms with Gasteiger partial charge in [-0.1, -0.05) is 6.07 Å². The largest absolute Gasteiger partial charge is 0.493 e. The van der Waals surface area contributed by atoms with E-state index >= 15 is 0 Å². The van der Waals surface area contributed by atoms with Gasteiger partial charge in [0.25, 0.3) is 17.5 Å². The number of carbonyl (C=O) groups excluding carboxylic acids is 2. The summed E-state index contributed by atoms with van der Waals surface area (Å²) in [5.74, 6) is -0.819. The molecule has 0 unspecified atom stereocenters. The van der Waals surface area contributed by atoms with Gasteiger partial charge in [0.1, 0.15) is 5.82 Å². The van der Waals surface area contributed by atoms with Gasteiger partial charge in [0, 0.05) is 33.5 Å². The van der Waals surface area contributed by atoms with Crippen molar-refractivity contribution in [3.8, 4) is 11.5 Å². The maximum Gasteiger partial charge on any atom is 0.281 e. The summed E-state index contributed by atoms with van der Waals surface area (Å²) in [6.07, 6.45) is 1.34. The number of nitrogens with one attached hydrogen (secondary N) is 2. The molecule has 2 amide bonds. The fourth-order valence-corrected chi connectivity index (χ4v) is 4.22. The van der Waals surface area contributed by atoms with Crippen LogP contribution in [0.2, 0.25) is 0 Å². The zero-order valence-corrected chi connectivity index (χ0v) is 20.1. The summed E-state index contributed by atoms with van der Waals surface area (Å²) in [7, 11) is 1.44. The van der Waals surface area contributed by atoms with Crippen molar-refractivity contribution in [1.82, 2.24) is 5.43 Å². The standard InChI is InChI=1S/C25H19FN4O6S/c1-35-20-4-2-3-15(24(20)36-14-23(31)28-18-7-5-17(26)6-8-18)13-27-29-25(32)22-12-16-11-19(30(33)34)9-10-21(16)37-22/h2-13H,14H2,1H3,(H,28,31)(H,29,32)/b27-13-. The molecule has 37 heavy (non-hydrogen) atoms. The lowest BCUT2D eigenvalue weighted by Gasteiger charge is -2.13. The summed E-state index contributed by atoms with van der Waals surface area (Å²) in [4.78, 5) is 35.6. The van der Waals surface area contributed by atoms with Crippen molar-refractivity contribution in [3.05, 3.63) is 93.1 Å². The molecule has 1 aromatic heterocycles. The maximum absolute atomic E-state index is 13.0. The number of nitro benzene ring substituents is 1. The van der Waals surface area contributed by atoms with E-state index in [0.717, 1.165) is 4.70 Å². The highest BCUT2D eigenvalue weighted by Gasteiger charge is 2.14. The van der Waals surface area contributed by atoms with Crippen LogP contribution in [0.4, 0.5) is 15.8 Å². The molecular weight excluding hydrogens is 503 g/mol. The summed E-state index contributed by atoms with van der Waals surface area (Å²) in [5, 5.41) is 18.1. The molecule has 188 valence electrons. The van der Waals surface area contributed by atoms with E-state index in [1.54, 1.807) is 30.3 Å². The molecule has 0 spiro atoms. The number of thiophene rings is 1. The van der Waals surface area contributed by atoms with Gasteiger partial charge in [-0.05, 0) is 48.5 Å². The van der Waals surface area contributed by atoms with Crippen LogP contribution in [-0.4, -0.2) is 36.7 Å². The van der Waals surface area contributed by atoms with Crippen LogP contribution >= 0.6 is 11.3 Å². The fourth-order valence-electron chi connectivity index (χ4n) is 3.29. The van der Waals surface area contributed by atoms with Crippen LogP contribution in [0.3, 0.4) is 0 Å². The third-order valence-corrected chi connectivity index (χ3v) is 6.12. The summed E-state index contributed by atoms with van der Waals surface area (Å²) in [6, 6.07) is 16.2. The van der Waals surface area contributed by atoms with Crippen molar-refractivity contribution in [2.45, 2.75) is 0 Å². The Morgan fingerprint density at radius 1 is 1.14 bits per heavy atom. The zero-order chi connectivity index (χ0) is 26.4. The predicted octanol–water partition coefficient (Wildman–Crippen LogP) is 4.74. The lowest BCUT2D eigenvalue weighted by Crippen LogP contribution is -2.21.